The zero-order chi connectivity index (χ0) is 58.1. The number of amides is 1. The SMILES string of the molecule is CCCCCCCCCCCCC/C=C/CC/C=C/C(O)C(COC1OC(CO)C(OC2OC(CO)C(O)C(O)C2O)C(O)C1O)NC(=O)CCCCCCCCCCCCCCCCCCCCCCCCCCCCCCC. The molecule has 9 N–H and O–H groups in total. The summed E-state index contributed by atoms with van der Waals surface area (Å²) in [6, 6.07) is -0.928. The van der Waals surface area contributed by atoms with Gasteiger partial charge in [0.15, 0.2) is 12.6 Å². The second-order valence-electron chi connectivity index (χ2n) is 24.0. The normalized spacial score (nSPS) is 24.3. The van der Waals surface area contributed by atoms with Crippen LogP contribution in [0.4, 0.5) is 0 Å². The smallest absolute Gasteiger partial charge is 0.220 e. The summed E-state index contributed by atoms with van der Waals surface area (Å²) in [5.74, 6) is -0.243. The molecule has 2 heterocycles. The Morgan fingerprint density at radius 3 is 1.23 bits per heavy atom. The molecule has 12 unspecified atom stereocenters. The number of allylic oxidation sites excluding steroid dienone is 3. The van der Waals surface area contributed by atoms with Crippen LogP contribution >= 0.6 is 0 Å². The molecule has 472 valence electrons. The Kier molecular flexibility index (Phi) is 48.3. The predicted molar refractivity (Wildman–Crippen MR) is 323 cm³/mol. The number of unbranched alkanes of at least 4 members (excludes halogenated alkanes) is 40. The summed E-state index contributed by atoms with van der Waals surface area (Å²) in [4.78, 5) is 13.3. The molecule has 2 saturated heterocycles. The van der Waals surface area contributed by atoms with Crippen LogP contribution in [-0.2, 0) is 23.7 Å². The van der Waals surface area contributed by atoms with Crippen molar-refractivity contribution in [3.05, 3.63) is 24.3 Å². The second kappa shape index (κ2) is 51.9. The third kappa shape index (κ3) is 36.3. The van der Waals surface area contributed by atoms with Gasteiger partial charge in [-0.3, -0.25) is 4.79 Å². The van der Waals surface area contributed by atoms with E-state index in [0.717, 1.165) is 32.1 Å². The molecule has 2 rings (SSSR count). The minimum atomic E-state index is -1.79. The van der Waals surface area contributed by atoms with Crippen LogP contribution in [0, 0.1) is 0 Å². The van der Waals surface area contributed by atoms with Gasteiger partial charge in [0.05, 0.1) is 32.0 Å². The van der Waals surface area contributed by atoms with Gasteiger partial charge >= 0.3 is 0 Å². The fourth-order valence-corrected chi connectivity index (χ4v) is 11.3. The van der Waals surface area contributed by atoms with Gasteiger partial charge in [0, 0.05) is 6.42 Å². The van der Waals surface area contributed by atoms with Crippen molar-refractivity contribution in [2.75, 3.05) is 19.8 Å². The van der Waals surface area contributed by atoms with Gasteiger partial charge in [-0.15, -0.1) is 0 Å². The highest BCUT2D eigenvalue weighted by Gasteiger charge is 2.51. The van der Waals surface area contributed by atoms with E-state index in [1.54, 1.807) is 6.08 Å². The molecule has 0 aromatic rings. The van der Waals surface area contributed by atoms with Crippen molar-refractivity contribution in [3.63, 3.8) is 0 Å². The van der Waals surface area contributed by atoms with E-state index < -0.39 is 86.8 Å². The zero-order valence-corrected chi connectivity index (χ0v) is 51.1. The van der Waals surface area contributed by atoms with Gasteiger partial charge in [-0.05, 0) is 32.1 Å². The van der Waals surface area contributed by atoms with E-state index in [-0.39, 0.29) is 18.9 Å². The molecular formula is C66H125NO13. The lowest BCUT2D eigenvalue weighted by atomic mass is 9.97. The summed E-state index contributed by atoms with van der Waals surface area (Å²) < 4.78 is 22.8. The van der Waals surface area contributed by atoms with Crippen LogP contribution in [0.25, 0.3) is 0 Å². The van der Waals surface area contributed by atoms with E-state index >= 15 is 0 Å². The predicted octanol–water partition coefficient (Wildman–Crippen LogP) is 12.8. The molecule has 0 aromatic heterocycles. The number of carbonyl (C=O) groups excluding carboxylic acids is 1. The molecule has 0 aromatic carbocycles. The Morgan fingerprint density at radius 2 is 0.800 bits per heavy atom. The van der Waals surface area contributed by atoms with Crippen LogP contribution in [0.5, 0.6) is 0 Å². The Balaban J connectivity index is 1.67. The van der Waals surface area contributed by atoms with Crippen LogP contribution in [-0.4, -0.2) is 140 Å². The van der Waals surface area contributed by atoms with Crippen LogP contribution in [0.1, 0.15) is 296 Å². The van der Waals surface area contributed by atoms with Crippen molar-refractivity contribution in [1.29, 1.82) is 0 Å². The summed E-state index contributed by atoms with van der Waals surface area (Å²) in [7, 11) is 0. The number of carbonyl (C=O) groups is 1. The molecule has 0 radical (unpaired) electrons. The number of ether oxygens (including phenoxy) is 4. The van der Waals surface area contributed by atoms with Gasteiger partial charge in [0.1, 0.15) is 48.8 Å². The molecule has 2 aliphatic heterocycles. The van der Waals surface area contributed by atoms with E-state index in [1.807, 2.05) is 6.08 Å². The van der Waals surface area contributed by atoms with E-state index in [4.69, 9.17) is 18.9 Å². The van der Waals surface area contributed by atoms with Crippen LogP contribution in [0.2, 0.25) is 0 Å². The number of hydrogen-bond donors (Lipinski definition) is 9. The standard InChI is InChI=1S/C66H125NO13/c1-3-5-7-9-11-13-15-17-19-21-22-23-24-25-26-27-28-29-30-31-32-34-36-38-40-42-44-46-48-50-58(71)67-54(55(70)49-47-45-43-41-39-37-35-33-20-18-16-14-12-10-8-6-4-2)53-77-65-63(76)61(74)64(57(52-69)79-65)80-66-62(75)60(73)59(72)56(51-68)78-66/h39,41,47,49,54-57,59-66,68-70,72-76H,3-38,40,42-46,48,50-53H2,1-2H3,(H,67,71)/b41-39+,49-47+. The quantitative estimate of drug-likeness (QED) is 0.0204. The number of nitrogens with one attached hydrogen (secondary N) is 1. The number of aliphatic hydroxyl groups is 8. The van der Waals surface area contributed by atoms with Gasteiger partial charge in [-0.2, -0.15) is 0 Å². The monoisotopic (exact) mass is 1140 g/mol. The van der Waals surface area contributed by atoms with Crippen molar-refractivity contribution in [3.8, 4) is 0 Å². The average molecular weight is 1140 g/mol. The molecule has 0 saturated carbocycles. The first-order chi connectivity index (χ1) is 39.1. The molecule has 0 spiro atoms. The molecule has 80 heavy (non-hydrogen) atoms. The van der Waals surface area contributed by atoms with Crippen LogP contribution in [0.15, 0.2) is 24.3 Å². The van der Waals surface area contributed by atoms with Gasteiger partial charge in [0.25, 0.3) is 0 Å². The highest BCUT2D eigenvalue weighted by atomic mass is 16.7. The minimum absolute atomic E-state index is 0.243. The van der Waals surface area contributed by atoms with Gasteiger partial charge < -0.3 is 65.1 Å². The lowest BCUT2D eigenvalue weighted by molar-refractivity contribution is -0.359. The Hall–Kier alpha value is -1.53. The molecule has 2 fully saturated rings. The Morgan fingerprint density at radius 1 is 0.438 bits per heavy atom. The number of rotatable bonds is 55. The molecular weight excluding hydrogens is 1010 g/mol. The van der Waals surface area contributed by atoms with Gasteiger partial charge in [-0.1, -0.05) is 282 Å². The first-order valence-electron chi connectivity index (χ1n) is 33.6. The summed E-state index contributed by atoms with van der Waals surface area (Å²) in [6.07, 6.45) is 46.7. The van der Waals surface area contributed by atoms with Crippen LogP contribution < -0.4 is 5.32 Å². The first-order valence-corrected chi connectivity index (χ1v) is 33.6. The van der Waals surface area contributed by atoms with Gasteiger partial charge in [-0.25, -0.2) is 0 Å². The maximum atomic E-state index is 13.3. The maximum absolute atomic E-state index is 13.3. The summed E-state index contributed by atoms with van der Waals surface area (Å²) in [5, 5.41) is 87.2. The van der Waals surface area contributed by atoms with Crippen molar-refractivity contribution in [1.82, 2.24) is 5.32 Å². The van der Waals surface area contributed by atoms with E-state index in [1.165, 1.54) is 231 Å². The molecule has 12 atom stereocenters. The Labute approximate surface area is 488 Å². The van der Waals surface area contributed by atoms with Crippen molar-refractivity contribution >= 4 is 5.91 Å². The Bertz CT molecular complexity index is 1440. The molecule has 14 nitrogen and oxygen atoms in total. The minimum Gasteiger partial charge on any atom is -0.394 e. The molecule has 1 amide bonds. The maximum Gasteiger partial charge on any atom is 0.220 e. The van der Waals surface area contributed by atoms with Gasteiger partial charge in [0.2, 0.25) is 5.91 Å². The first kappa shape index (κ1) is 74.6. The van der Waals surface area contributed by atoms with Crippen molar-refractivity contribution in [2.45, 2.75) is 370 Å². The summed E-state index contributed by atoms with van der Waals surface area (Å²) >= 11 is 0. The molecule has 2 aliphatic rings. The number of hydrogen-bond acceptors (Lipinski definition) is 13. The lowest BCUT2D eigenvalue weighted by Crippen LogP contribution is -2.65. The largest absolute Gasteiger partial charge is 0.394 e. The fourth-order valence-electron chi connectivity index (χ4n) is 11.3. The summed E-state index contributed by atoms with van der Waals surface area (Å²) in [6.45, 7) is 2.82. The highest BCUT2D eigenvalue weighted by molar-refractivity contribution is 5.76. The van der Waals surface area contributed by atoms with Crippen molar-refractivity contribution < 1.29 is 64.6 Å². The van der Waals surface area contributed by atoms with E-state index in [2.05, 4.69) is 31.3 Å². The van der Waals surface area contributed by atoms with Crippen molar-refractivity contribution in [2.24, 2.45) is 0 Å². The second-order valence-corrected chi connectivity index (χ2v) is 24.0. The van der Waals surface area contributed by atoms with Crippen LogP contribution in [0.3, 0.4) is 0 Å². The third-order valence-electron chi connectivity index (χ3n) is 16.6. The fraction of sp³-hybridized carbons (Fsp3) is 0.924. The summed E-state index contributed by atoms with van der Waals surface area (Å²) in [5.41, 5.74) is 0. The topological polar surface area (TPSA) is 228 Å². The lowest BCUT2D eigenvalue weighted by Gasteiger charge is -2.46. The molecule has 14 heteroatoms. The molecule has 0 aliphatic carbocycles. The van der Waals surface area contributed by atoms with E-state index in [0.29, 0.717) is 12.8 Å². The number of aliphatic hydroxyl groups excluding tert-OH is 8. The van der Waals surface area contributed by atoms with E-state index in [9.17, 15) is 45.6 Å². The average Bonchev–Trinajstić information content (AvgIpc) is 3.49. The highest BCUT2D eigenvalue weighted by Crippen LogP contribution is 2.30. The molecule has 0 bridgehead atoms. The zero-order valence-electron chi connectivity index (χ0n) is 51.1. The third-order valence-corrected chi connectivity index (χ3v) is 16.6.